The second-order valence-corrected chi connectivity index (χ2v) is 8.60. The Bertz CT molecular complexity index is 1540. The van der Waals surface area contributed by atoms with Gasteiger partial charge in [0.15, 0.2) is 5.60 Å². The van der Waals surface area contributed by atoms with Crippen molar-refractivity contribution in [3.05, 3.63) is 75.1 Å². The molecule has 4 heterocycles. The van der Waals surface area contributed by atoms with Gasteiger partial charge in [0.2, 0.25) is 0 Å². The molecule has 0 spiro atoms. The van der Waals surface area contributed by atoms with Crippen LogP contribution in [0.5, 0.6) is 0 Å². The number of pyridine rings is 2. The molecular weight excluding hydrogens is 428 g/mol. The number of rotatable bonds is 2. The largest absolute Gasteiger partial charge is 0.458 e. The summed E-state index contributed by atoms with van der Waals surface area (Å²) in [6.07, 6.45) is 0.108. The fourth-order valence-electron chi connectivity index (χ4n) is 5.05. The minimum absolute atomic E-state index is 0.108. The van der Waals surface area contributed by atoms with Crippen molar-refractivity contribution in [2.45, 2.75) is 38.0 Å². The molecule has 6 nitrogen and oxygen atoms in total. The first-order valence-electron chi connectivity index (χ1n) is 10.5. The maximum atomic E-state index is 13.4. The quantitative estimate of drug-likeness (QED) is 0.252. The normalized spacial score (nSPS) is 19.0. The summed E-state index contributed by atoms with van der Waals surface area (Å²) in [5.41, 5.74) is 2.43. The molecule has 2 aliphatic heterocycles. The van der Waals surface area contributed by atoms with Gasteiger partial charge in [-0.05, 0) is 23.4 Å². The lowest BCUT2D eigenvalue weighted by molar-refractivity contribution is -0.172. The van der Waals surface area contributed by atoms with Crippen LogP contribution in [0.25, 0.3) is 33.1 Å². The molecule has 0 amide bonds. The Kier molecular flexibility index (Phi) is 4.04. The van der Waals surface area contributed by atoms with Crippen molar-refractivity contribution in [2.75, 3.05) is 0 Å². The number of carbonyl (C=O) groups excluding carboxylic acids is 1. The summed E-state index contributed by atoms with van der Waals surface area (Å²) < 4.78 is 6.79. The van der Waals surface area contributed by atoms with E-state index in [-0.39, 0.29) is 24.5 Å². The Balaban J connectivity index is 1.71. The number of hydrogen-bond donors (Lipinski definition) is 1. The Hall–Kier alpha value is -3.22. The summed E-state index contributed by atoms with van der Waals surface area (Å²) in [6, 6.07) is 13.8. The summed E-state index contributed by atoms with van der Waals surface area (Å²) in [6.45, 7) is 1.89. The lowest BCUT2D eigenvalue weighted by atomic mass is 9.86. The highest BCUT2D eigenvalue weighted by atomic mass is 35.5. The third-order valence-electron chi connectivity index (χ3n) is 6.83. The van der Waals surface area contributed by atoms with Gasteiger partial charge in [-0.25, -0.2) is 9.78 Å². The fraction of sp³-hybridized carbons (Fsp3) is 0.240. The number of carbonyl (C=O) groups is 1. The van der Waals surface area contributed by atoms with Crippen molar-refractivity contribution >= 4 is 39.2 Å². The van der Waals surface area contributed by atoms with Gasteiger partial charge in [-0.1, -0.05) is 43.3 Å². The number of aliphatic hydroxyl groups is 1. The fourth-order valence-corrected chi connectivity index (χ4v) is 5.35. The highest BCUT2D eigenvalue weighted by molar-refractivity contribution is 6.19. The number of aromatic nitrogens is 2. The average Bonchev–Trinajstić information content (AvgIpc) is 3.19. The van der Waals surface area contributed by atoms with Crippen molar-refractivity contribution in [1.82, 2.24) is 9.55 Å². The van der Waals surface area contributed by atoms with E-state index >= 15 is 0 Å². The standard InChI is InChI=1S/C25H19ClN2O4/c1-2-25(31)19-9-20-22-17(11-28(20)23(29)18(19)12-32-24(25)30)16(10-26)15-8-7-13-5-3-4-6-14(13)21(15)27-22/h3-9,31H,2,10-12H2,1H3/t25-/m0/s1. The number of alkyl halides is 1. The number of fused-ring (bicyclic) bond motifs is 7. The molecule has 1 atom stereocenters. The van der Waals surface area contributed by atoms with Gasteiger partial charge < -0.3 is 14.4 Å². The third kappa shape index (κ3) is 2.36. The van der Waals surface area contributed by atoms with E-state index < -0.39 is 11.6 Å². The molecule has 2 aliphatic rings. The van der Waals surface area contributed by atoms with Crippen LogP contribution in [-0.4, -0.2) is 20.6 Å². The Labute approximate surface area is 188 Å². The van der Waals surface area contributed by atoms with E-state index in [1.54, 1.807) is 17.6 Å². The van der Waals surface area contributed by atoms with Gasteiger partial charge in [-0.15, -0.1) is 11.6 Å². The van der Waals surface area contributed by atoms with Crippen molar-refractivity contribution in [2.24, 2.45) is 0 Å². The zero-order valence-corrected chi connectivity index (χ0v) is 18.1. The minimum Gasteiger partial charge on any atom is -0.458 e. The topological polar surface area (TPSA) is 81.4 Å². The van der Waals surface area contributed by atoms with Crippen LogP contribution < -0.4 is 5.56 Å². The van der Waals surface area contributed by atoms with Crippen LogP contribution in [0.1, 0.15) is 35.6 Å². The van der Waals surface area contributed by atoms with Crippen LogP contribution in [-0.2, 0) is 34.2 Å². The number of ether oxygens (including phenoxy) is 1. The Morgan fingerprint density at radius 3 is 2.75 bits per heavy atom. The van der Waals surface area contributed by atoms with Gasteiger partial charge >= 0.3 is 5.97 Å². The molecule has 0 aliphatic carbocycles. The van der Waals surface area contributed by atoms with Crippen molar-refractivity contribution < 1.29 is 14.6 Å². The van der Waals surface area contributed by atoms with Gasteiger partial charge in [0, 0.05) is 27.8 Å². The third-order valence-corrected chi connectivity index (χ3v) is 7.10. The summed E-state index contributed by atoms with van der Waals surface area (Å²) in [4.78, 5) is 30.8. The predicted molar refractivity (Wildman–Crippen MR) is 122 cm³/mol. The van der Waals surface area contributed by atoms with E-state index in [2.05, 4.69) is 6.07 Å². The van der Waals surface area contributed by atoms with E-state index in [4.69, 9.17) is 21.3 Å². The molecule has 0 saturated heterocycles. The van der Waals surface area contributed by atoms with Gasteiger partial charge in [-0.3, -0.25) is 4.79 Å². The molecule has 2 aromatic carbocycles. The molecule has 2 aromatic heterocycles. The maximum absolute atomic E-state index is 13.4. The Morgan fingerprint density at radius 2 is 1.97 bits per heavy atom. The molecule has 0 radical (unpaired) electrons. The first-order chi connectivity index (χ1) is 15.5. The summed E-state index contributed by atoms with van der Waals surface area (Å²) >= 11 is 6.42. The van der Waals surface area contributed by atoms with E-state index in [9.17, 15) is 14.7 Å². The SMILES string of the molecule is CC[C@@]1(O)C(=O)OCc2c1cc1n(c2=O)Cc2c-1nc1c(ccc3ccccc31)c2CCl. The van der Waals surface area contributed by atoms with Gasteiger partial charge in [0.25, 0.3) is 5.56 Å². The number of cyclic esters (lactones) is 1. The molecule has 6 rings (SSSR count). The number of benzene rings is 2. The van der Waals surface area contributed by atoms with Gasteiger partial charge in [-0.2, -0.15) is 0 Å². The van der Waals surface area contributed by atoms with Crippen molar-refractivity contribution in [3.63, 3.8) is 0 Å². The van der Waals surface area contributed by atoms with E-state index in [0.29, 0.717) is 29.1 Å². The predicted octanol–water partition coefficient (Wildman–Crippen LogP) is 3.97. The zero-order valence-electron chi connectivity index (χ0n) is 17.3. The molecule has 7 heteroatoms. The first kappa shape index (κ1) is 19.5. The molecule has 1 N–H and O–H groups in total. The second kappa shape index (κ2) is 6.64. The molecule has 0 bridgehead atoms. The number of halogens is 1. The summed E-state index contributed by atoms with van der Waals surface area (Å²) in [5, 5.41) is 14.1. The second-order valence-electron chi connectivity index (χ2n) is 8.34. The monoisotopic (exact) mass is 446 g/mol. The van der Waals surface area contributed by atoms with Crippen molar-refractivity contribution in [3.8, 4) is 11.4 Å². The van der Waals surface area contributed by atoms with Crippen LogP contribution in [0.2, 0.25) is 0 Å². The molecule has 4 aromatic rings. The first-order valence-corrected chi connectivity index (χ1v) is 11.1. The van der Waals surface area contributed by atoms with Crippen LogP contribution in [0.3, 0.4) is 0 Å². The molecule has 160 valence electrons. The minimum atomic E-state index is -1.84. The van der Waals surface area contributed by atoms with E-state index in [1.807, 2.05) is 30.3 Å². The van der Waals surface area contributed by atoms with Crippen LogP contribution in [0.15, 0.2) is 47.3 Å². The molecular formula is C25H19ClN2O4. The smallest absolute Gasteiger partial charge is 0.343 e. The molecule has 32 heavy (non-hydrogen) atoms. The maximum Gasteiger partial charge on any atom is 0.343 e. The highest BCUT2D eigenvalue weighted by Crippen LogP contribution is 2.41. The summed E-state index contributed by atoms with van der Waals surface area (Å²) in [5.74, 6) is -0.447. The number of esters is 1. The lowest BCUT2D eigenvalue weighted by Crippen LogP contribution is -2.44. The van der Waals surface area contributed by atoms with Crippen molar-refractivity contribution in [1.29, 1.82) is 0 Å². The van der Waals surface area contributed by atoms with Crippen LogP contribution in [0, 0.1) is 0 Å². The Morgan fingerprint density at radius 1 is 1.16 bits per heavy atom. The van der Waals surface area contributed by atoms with Gasteiger partial charge in [0.1, 0.15) is 6.61 Å². The van der Waals surface area contributed by atoms with E-state index in [1.165, 1.54) is 0 Å². The highest BCUT2D eigenvalue weighted by Gasteiger charge is 2.45. The summed E-state index contributed by atoms with van der Waals surface area (Å²) in [7, 11) is 0. The van der Waals surface area contributed by atoms with Gasteiger partial charge in [0.05, 0.1) is 29.0 Å². The molecule has 0 saturated carbocycles. The average molecular weight is 447 g/mol. The lowest BCUT2D eigenvalue weighted by Gasteiger charge is -2.31. The zero-order chi connectivity index (χ0) is 22.2. The van der Waals surface area contributed by atoms with E-state index in [0.717, 1.165) is 32.8 Å². The van der Waals surface area contributed by atoms with Crippen LogP contribution >= 0.6 is 11.6 Å². The number of hydrogen-bond acceptors (Lipinski definition) is 5. The number of nitrogens with zero attached hydrogens (tertiary/aromatic N) is 2. The van der Waals surface area contributed by atoms with Crippen LogP contribution in [0.4, 0.5) is 0 Å². The molecule has 0 fully saturated rings. The molecule has 0 unspecified atom stereocenters.